The van der Waals surface area contributed by atoms with Crippen molar-refractivity contribution in [1.82, 2.24) is 9.78 Å². The van der Waals surface area contributed by atoms with Crippen LogP contribution < -0.4 is 11.3 Å². The molecule has 1 aromatic carbocycles. The smallest absolute Gasteiger partial charge is 0.374 e. The number of aromatic nitrogens is 2. The lowest BCUT2D eigenvalue weighted by atomic mass is 10.2. The third-order valence-electron chi connectivity index (χ3n) is 2.70. The molecule has 0 atom stereocenters. The van der Waals surface area contributed by atoms with E-state index in [1.807, 2.05) is 0 Å². The van der Waals surface area contributed by atoms with Gasteiger partial charge >= 0.3 is 11.7 Å². The molecule has 0 aliphatic carbocycles. The van der Waals surface area contributed by atoms with Crippen LogP contribution in [0.5, 0.6) is 0 Å². The predicted molar refractivity (Wildman–Crippen MR) is 77.6 cm³/mol. The van der Waals surface area contributed by atoms with E-state index in [2.05, 4.69) is 27.5 Å². The lowest BCUT2D eigenvalue weighted by molar-refractivity contribution is -0.137. The molecule has 0 aliphatic heterocycles. The van der Waals surface area contributed by atoms with Gasteiger partial charge in [0.2, 0.25) is 0 Å². The highest BCUT2D eigenvalue weighted by Gasteiger charge is 2.30. The lowest BCUT2D eigenvalue weighted by Crippen LogP contribution is -2.29. The number of azo groups is 1. The molecular formula is C12H10F3N5OS. The summed E-state index contributed by atoms with van der Waals surface area (Å²) in [6.45, 7) is 1.54. The van der Waals surface area contributed by atoms with Gasteiger partial charge in [0.1, 0.15) is 0 Å². The highest BCUT2D eigenvalue weighted by molar-refractivity contribution is 7.80. The molecule has 116 valence electrons. The average Bonchev–Trinajstić information content (AvgIpc) is 2.71. The Morgan fingerprint density at radius 1 is 1.36 bits per heavy atom. The highest BCUT2D eigenvalue weighted by Crippen LogP contribution is 2.31. The number of aryl methyl sites for hydroxylation is 1. The summed E-state index contributed by atoms with van der Waals surface area (Å²) in [5.74, 6) is 0. The standard InChI is InChI=1S/C12H10F3N5OS/c1-6-9(10(21)20(19-6)11(16)22)18-17-8-4-2-3-7(5-8)12(13,14)15/h2-5,19H,1H3,(H2,16,22). The zero-order valence-electron chi connectivity index (χ0n) is 11.2. The van der Waals surface area contributed by atoms with E-state index < -0.39 is 17.3 Å². The molecule has 0 bridgehead atoms. The van der Waals surface area contributed by atoms with Crippen LogP contribution in [0.2, 0.25) is 0 Å². The van der Waals surface area contributed by atoms with Crippen LogP contribution in [0.25, 0.3) is 0 Å². The van der Waals surface area contributed by atoms with Crippen molar-refractivity contribution in [2.75, 3.05) is 0 Å². The molecule has 10 heteroatoms. The molecule has 0 unspecified atom stereocenters. The fraction of sp³-hybridized carbons (Fsp3) is 0.167. The minimum atomic E-state index is -4.48. The largest absolute Gasteiger partial charge is 0.416 e. The Bertz CT molecular complexity index is 806. The summed E-state index contributed by atoms with van der Waals surface area (Å²) in [4.78, 5) is 11.9. The normalized spacial score (nSPS) is 12.0. The maximum Gasteiger partial charge on any atom is 0.416 e. The summed E-state index contributed by atoms with van der Waals surface area (Å²) in [6, 6.07) is 4.29. The number of hydrogen-bond donors (Lipinski definition) is 2. The predicted octanol–water partition coefficient (Wildman–Crippen LogP) is 3.01. The maximum absolute atomic E-state index is 12.6. The van der Waals surface area contributed by atoms with Gasteiger partial charge in [-0.15, -0.1) is 5.11 Å². The minimum absolute atomic E-state index is 0.0308. The lowest BCUT2D eigenvalue weighted by Gasteiger charge is -2.05. The topological polar surface area (TPSA) is 88.5 Å². The van der Waals surface area contributed by atoms with Crippen LogP contribution in [0, 0.1) is 6.92 Å². The van der Waals surface area contributed by atoms with Gasteiger partial charge in [0.05, 0.1) is 16.9 Å². The molecule has 0 amide bonds. The van der Waals surface area contributed by atoms with Gasteiger partial charge in [0.15, 0.2) is 10.8 Å². The molecular weight excluding hydrogens is 319 g/mol. The van der Waals surface area contributed by atoms with E-state index in [0.29, 0.717) is 5.69 Å². The maximum atomic E-state index is 12.6. The Morgan fingerprint density at radius 3 is 2.59 bits per heavy atom. The molecule has 0 spiro atoms. The number of halogens is 3. The second-order valence-electron chi connectivity index (χ2n) is 4.31. The summed E-state index contributed by atoms with van der Waals surface area (Å²) in [5, 5.41) is 9.72. The van der Waals surface area contributed by atoms with Crippen molar-refractivity contribution in [3.8, 4) is 0 Å². The number of rotatable bonds is 2. The van der Waals surface area contributed by atoms with Gasteiger partial charge in [-0.25, -0.2) is 0 Å². The number of nitrogens with two attached hydrogens (primary N) is 1. The number of aromatic amines is 1. The van der Waals surface area contributed by atoms with Gasteiger partial charge in [0.25, 0.3) is 0 Å². The molecule has 0 radical (unpaired) electrons. The van der Waals surface area contributed by atoms with Crippen molar-refractivity contribution in [1.29, 1.82) is 0 Å². The molecule has 0 saturated heterocycles. The van der Waals surface area contributed by atoms with Gasteiger partial charge < -0.3 is 5.73 Å². The Balaban J connectivity index is 2.38. The summed E-state index contributed by atoms with van der Waals surface area (Å²) < 4.78 is 38.7. The van der Waals surface area contributed by atoms with Crippen molar-refractivity contribution >= 4 is 28.7 Å². The first-order chi connectivity index (χ1) is 10.2. The molecule has 1 aromatic heterocycles. The van der Waals surface area contributed by atoms with Crippen LogP contribution in [0.3, 0.4) is 0 Å². The molecule has 0 saturated carbocycles. The van der Waals surface area contributed by atoms with Gasteiger partial charge in [-0.2, -0.15) is 23.0 Å². The van der Waals surface area contributed by atoms with E-state index in [9.17, 15) is 18.0 Å². The summed E-state index contributed by atoms with van der Waals surface area (Å²) in [7, 11) is 0. The monoisotopic (exact) mass is 329 g/mol. The zero-order chi connectivity index (χ0) is 16.5. The van der Waals surface area contributed by atoms with Crippen molar-refractivity contribution in [3.63, 3.8) is 0 Å². The van der Waals surface area contributed by atoms with Crippen LogP contribution >= 0.6 is 12.2 Å². The molecule has 1 heterocycles. The first-order valence-corrected chi connectivity index (χ1v) is 6.31. The molecule has 0 fully saturated rings. The number of thiocarbonyl (C=S) groups is 1. The Labute approximate surface area is 127 Å². The number of alkyl halides is 3. The second-order valence-corrected chi connectivity index (χ2v) is 4.73. The second kappa shape index (κ2) is 5.72. The first-order valence-electron chi connectivity index (χ1n) is 5.90. The van der Waals surface area contributed by atoms with Crippen molar-refractivity contribution < 1.29 is 13.2 Å². The summed E-state index contributed by atoms with van der Waals surface area (Å²) in [6.07, 6.45) is -4.48. The SMILES string of the molecule is Cc1[nH]n(C(N)=S)c(=O)c1N=Nc1cccc(C(F)(F)F)c1. The van der Waals surface area contributed by atoms with E-state index in [4.69, 9.17) is 5.73 Å². The molecule has 3 N–H and O–H groups in total. The van der Waals surface area contributed by atoms with Crippen LogP contribution in [0.4, 0.5) is 24.5 Å². The highest BCUT2D eigenvalue weighted by atomic mass is 32.1. The zero-order valence-corrected chi connectivity index (χ0v) is 12.0. The Kier molecular flexibility index (Phi) is 4.13. The Hall–Kier alpha value is -2.49. The quantitative estimate of drug-likeness (QED) is 0.656. The van der Waals surface area contributed by atoms with Gasteiger partial charge in [0, 0.05) is 0 Å². The van der Waals surface area contributed by atoms with E-state index in [1.165, 1.54) is 19.1 Å². The van der Waals surface area contributed by atoms with Crippen LogP contribution in [-0.4, -0.2) is 14.9 Å². The fourth-order valence-electron chi connectivity index (χ4n) is 1.66. The molecule has 0 aliphatic rings. The van der Waals surface area contributed by atoms with E-state index in [0.717, 1.165) is 16.8 Å². The fourth-order valence-corrected chi connectivity index (χ4v) is 1.79. The third kappa shape index (κ3) is 3.22. The van der Waals surface area contributed by atoms with Crippen LogP contribution in [0.1, 0.15) is 11.3 Å². The summed E-state index contributed by atoms with van der Waals surface area (Å²) >= 11 is 4.67. The molecule has 2 aromatic rings. The first kappa shape index (κ1) is 15.9. The van der Waals surface area contributed by atoms with Crippen LogP contribution in [0.15, 0.2) is 39.3 Å². The number of benzene rings is 1. The van der Waals surface area contributed by atoms with Crippen molar-refractivity contribution in [2.24, 2.45) is 16.0 Å². The van der Waals surface area contributed by atoms with Gasteiger partial charge in [-0.3, -0.25) is 9.89 Å². The summed E-state index contributed by atoms with van der Waals surface area (Å²) in [5.41, 5.74) is 4.09. The Morgan fingerprint density at radius 2 is 2.05 bits per heavy atom. The number of hydrogen-bond acceptors (Lipinski definition) is 4. The third-order valence-corrected chi connectivity index (χ3v) is 2.88. The molecule has 6 nitrogen and oxygen atoms in total. The molecule has 2 rings (SSSR count). The average molecular weight is 329 g/mol. The van der Waals surface area contributed by atoms with Gasteiger partial charge in [-0.1, -0.05) is 6.07 Å². The number of nitrogens with zero attached hydrogens (tertiary/aromatic N) is 3. The molecule has 22 heavy (non-hydrogen) atoms. The van der Waals surface area contributed by atoms with E-state index >= 15 is 0 Å². The number of nitrogens with one attached hydrogen (secondary N) is 1. The van der Waals surface area contributed by atoms with Crippen molar-refractivity contribution in [2.45, 2.75) is 13.1 Å². The van der Waals surface area contributed by atoms with Crippen molar-refractivity contribution in [3.05, 3.63) is 45.9 Å². The number of H-pyrrole nitrogens is 1. The van der Waals surface area contributed by atoms with E-state index in [-0.39, 0.29) is 16.5 Å². The van der Waals surface area contributed by atoms with E-state index in [1.54, 1.807) is 0 Å². The minimum Gasteiger partial charge on any atom is -0.374 e. The van der Waals surface area contributed by atoms with Gasteiger partial charge in [-0.05, 0) is 37.3 Å². The van der Waals surface area contributed by atoms with Crippen LogP contribution in [-0.2, 0) is 6.18 Å².